The van der Waals surface area contributed by atoms with Crippen molar-refractivity contribution >= 4 is 52.1 Å². The highest BCUT2D eigenvalue weighted by Crippen LogP contribution is 2.66. The van der Waals surface area contributed by atoms with Gasteiger partial charge in [-0.3, -0.25) is 14.3 Å². The molecule has 1 aliphatic heterocycles. The third-order valence-corrected chi connectivity index (χ3v) is 9.17. The Morgan fingerprint density at radius 2 is 1.94 bits per heavy atom. The maximum absolute atomic E-state index is 14.1. The third-order valence-electron chi connectivity index (χ3n) is 4.73. The molecule has 3 rings (SSSR count). The normalized spacial score (nSPS) is 29.7. The van der Waals surface area contributed by atoms with Gasteiger partial charge in [0.1, 0.15) is 23.8 Å². The van der Waals surface area contributed by atoms with E-state index in [9.17, 15) is 37.8 Å². The second-order valence-corrected chi connectivity index (χ2v) is 12.3. The van der Waals surface area contributed by atoms with E-state index >= 15 is 0 Å². The Morgan fingerprint density at radius 1 is 1.31 bits per heavy atom. The number of aliphatic hydroxyl groups is 1. The molecule has 0 aromatic carbocycles. The van der Waals surface area contributed by atoms with Crippen LogP contribution in [-0.4, -0.2) is 69.1 Å². The van der Waals surface area contributed by atoms with Crippen LogP contribution in [-0.2, 0) is 31.6 Å². The van der Waals surface area contributed by atoms with Crippen LogP contribution in [0, 0.1) is 0 Å². The van der Waals surface area contributed by atoms with E-state index in [4.69, 9.17) is 31.9 Å². The quantitative estimate of drug-likeness (QED) is 0.153. The summed E-state index contributed by atoms with van der Waals surface area (Å²) in [5.41, 5.74) is 4.81. The molecule has 7 atom stereocenters. The molecule has 1 fully saturated rings. The summed E-state index contributed by atoms with van der Waals surface area (Å²) in [7, 11) is -17.0. The number of nitrogens with zero attached hydrogens (tertiary/aromatic N) is 2. The summed E-state index contributed by atoms with van der Waals surface area (Å²) in [5, 5.41) is 10.7. The molecule has 0 saturated carbocycles. The summed E-state index contributed by atoms with van der Waals surface area (Å²) in [6, 6.07) is 1.29. The van der Waals surface area contributed by atoms with E-state index in [0.717, 1.165) is 11.5 Å². The molecule has 2 aromatic heterocycles. The molecule has 3 heterocycles. The minimum Gasteiger partial charge on any atom is -0.388 e. The largest absolute Gasteiger partial charge is 0.490 e. The summed E-state index contributed by atoms with van der Waals surface area (Å²) < 4.78 is 66.9. The lowest BCUT2D eigenvalue weighted by Gasteiger charge is -2.28. The summed E-state index contributed by atoms with van der Waals surface area (Å²) in [4.78, 5) is 52.2. The van der Waals surface area contributed by atoms with Crippen LogP contribution in [0.3, 0.4) is 0 Å². The number of alkyl halides is 2. The fourth-order valence-electron chi connectivity index (χ4n) is 3.38. The first-order valence-electron chi connectivity index (χ1n) is 9.16. The number of fused-ring (bicyclic) bond motifs is 1. The van der Waals surface area contributed by atoms with Crippen molar-refractivity contribution in [3.05, 3.63) is 22.6 Å². The maximum Gasteiger partial charge on any atom is 0.490 e. The molecule has 0 spiro atoms. The average Bonchev–Trinajstić information content (AvgIpc) is 3.18. The number of H-pyrrole nitrogens is 1. The molecule has 0 radical (unpaired) electrons. The van der Waals surface area contributed by atoms with E-state index in [1.807, 2.05) is 0 Å². The minimum atomic E-state index is -5.81. The maximum atomic E-state index is 14.1. The first kappa shape index (κ1) is 28.3. The number of ether oxygens (including phenoxy) is 1. The predicted octanol–water partition coefficient (Wildman–Crippen LogP) is 0.244. The van der Waals surface area contributed by atoms with Gasteiger partial charge in [0.15, 0.2) is 11.9 Å². The van der Waals surface area contributed by atoms with Crippen molar-refractivity contribution in [3.63, 3.8) is 0 Å². The first-order valence-corrected chi connectivity index (χ1v) is 14.1. The Kier molecular flexibility index (Phi) is 7.75. The van der Waals surface area contributed by atoms with Gasteiger partial charge in [-0.05, 0) is 13.0 Å². The van der Waals surface area contributed by atoms with E-state index < -0.39 is 65.1 Å². The molecule has 1 aliphatic rings. The second kappa shape index (κ2) is 9.58. The minimum absolute atomic E-state index is 0.0138. The lowest BCUT2D eigenvalue weighted by molar-refractivity contribution is -0.0731. The predicted molar refractivity (Wildman–Crippen MR) is 114 cm³/mol. The van der Waals surface area contributed by atoms with Gasteiger partial charge in [-0.15, -0.1) is 11.6 Å². The van der Waals surface area contributed by atoms with Crippen LogP contribution in [0.25, 0.3) is 11.0 Å². The van der Waals surface area contributed by atoms with Crippen molar-refractivity contribution in [2.45, 2.75) is 36.3 Å². The SMILES string of the molecule is C[C@@H](OP(=O)(O)OP(=O)(O)OP(=O)(O)O)[C@H]1O[C@@H](n2ccc3c(=O)[nH]c(N)nc32)[C@@](Cl)(CF)C1O. The summed E-state index contributed by atoms with van der Waals surface area (Å²) in [6.45, 7) is -0.407. The van der Waals surface area contributed by atoms with Crippen LogP contribution in [0.15, 0.2) is 17.1 Å². The van der Waals surface area contributed by atoms with E-state index in [0.29, 0.717) is 0 Å². The van der Waals surface area contributed by atoms with Gasteiger partial charge < -0.3 is 39.7 Å². The third kappa shape index (κ3) is 6.02. The number of aromatic nitrogens is 3. The molecule has 3 unspecified atom stereocenters. The number of nitrogens with one attached hydrogen (secondary N) is 1. The van der Waals surface area contributed by atoms with Crippen LogP contribution < -0.4 is 11.3 Å². The summed E-state index contributed by atoms with van der Waals surface area (Å²) >= 11 is 6.31. The number of phosphoric acid groups is 3. The van der Waals surface area contributed by atoms with Gasteiger partial charge in [0.25, 0.3) is 5.56 Å². The number of halogens is 2. The monoisotopic (exact) mass is 586 g/mol. The zero-order valence-corrected chi connectivity index (χ0v) is 20.7. The molecule has 1 saturated heterocycles. The zero-order chi connectivity index (χ0) is 26.6. The Morgan fingerprint density at radius 3 is 2.51 bits per heavy atom. The molecule has 2 aromatic rings. The standard InChI is InChI=1S/C13H19ClFN4O13P3/c1-5(30-34(25,26)32-35(27,28)31-33(22,23)24)7-8(20)13(14,4-15)11(29-7)19-3-2-6-9(19)17-12(16)18-10(6)21/h2-3,5,7-8,11,20H,4H2,1H3,(H,25,26)(H,27,28)(H2,22,23,24)(H3,16,17,18,21)/t5-,7-,8?,11-,13-/m1/s1. The molecule has 22 heteroatoms. The number of nitrogens with two attached hydrogens (primary N) is 1. The van der Waals surface area contributed by atoms with Crippen LogP contribution >= 0.6 is 35.1 Å². The molecular weight excluding hydrogens is 568 g/mol. The Balaban J connectivity index is 1.88. The van der Waals surface area contributed by atoms with Crippen molar-refractivity contribution in [2.75, 3.05) is 12.4 Å². The molecule has 35 heavy (non-hydrogen) atoms. The van der Waals surface area contributed by atoms with Crippen molar-refractivity contribution in [1.82, 2.24) is 14.5 Å². The number of aromatic amines is 1. The zero-order valence-electron chi connectivity index (χ0n) is 17.2. The van der Waals surface area contributed by atoms with Crippen LogP contribution in [0.4, 0.5) is 10.3 Å². The Labute approximate surface area is 199 Å². The molecule has 198 valence electrons. The molecule has 0 amide bonds. The van der Waals surface area contributed by atoms with E-state index in [2.05, 4.69) is 23.1 Å². The average molecular weight is 587 g/mol. The fourth-order valence-corrected chi connectivity index (χ4v) is 6.86. The van der Waals surface area contributed by atoms with Crippen molar-refractivity contribution in [2.24, 2.45) is 0 Å². The lowest BCUT2D eigenvalue weighted by atomic mass is 9.97. The smallest absolute Gasteiger partial charge is 0.388 e. The Hall–Kier alpha value is -1.23. The van der Waals surface area contributed by atoms with Crippen LogP contribution in [0.2, 0.25) is 0 Å². The number of phosphoric ester groups is 1. The molecular formula is C13H19ClFN4O13P3. The highest BCUT2D eigenvalue weighted by Gasteiger charge is 2.59. The fraction of sp³-hybridized carbons (Fsp3) is 0.538. The van der Waals surface area contributed by atoms with E-state index in [1.165, 1.54) is 12.3 Å². The van der Waals surface area contributed by atoms with Crippen molar-refractivity contribution in [1.29, 1.82) is 0 Å². The number of anilines is 1. The van der Waals surface area contributed by atoms with Crippen LogP contribution in [0.1, 0.15) is 13.2 Å². The molecule has 8 N–H and O–H groups in total. The van der Waals surface area contributed by atoms with E-state index in [-0.39, 0.29) is 17.0 Å². The van der Waals surface area contributed by atoms with Gasteiger partial charge in [0.05, 0.1) is 11.5 Å². The number of nitrogen functional groups attached to an aromatic ring is 1. The van der Waals surface area contributed by atoms with Gasteiger partial charge in [-0.25, -0.2) is 18.1 Å². The number of hydrogen-bond donors (Lipinski definition) is 7. The summed E-state index contributed by atoms with van der Waals surface area (Å²) in [6.07, 6.45) is -5.68. The number of hydrogen-bond acceptors (Lipinski definition) is 11. The van der Waals surface area contributed by atoms with Crippen molar-refractivity contribution < 1.29 is 60.6 Å². The lowest BCUT2D eigenvalue weighted by Crippen LogP contribution is -2.46. The molecule has 17 nitrogen and oxygen atoms in total. The molecule has 0 aliphatic carbocycles. The first-order chi connectivity index (χ1) is 15.9. The van der Waals surface area contributed by atoms with E-state index in [1.54, 1.807) is 0 Å². The van der Waals surface area contributed by atoms with Crippen LogP contribution in [0.5, 0.6) is 0 Å². The highest BCUT2D eigenvalue weighted by atomic mass is 35.5. The highest BCUT2D eigenvalue weighted by molar-refractivity contribution is 7.66. The topological polar surface area (TPSA) is 266 Å². The number of rotatable bonds is 9. The number of aliphatic hydroxyl groups excluding tert-OH is 1. The Bertz CT molecular complexity index is 1320. The molecule has 0 bridgehead atoms. The van der Waals surface area contributed by atoms with Gasteiger partial charge in [0.2, 0.25) is 5.95 Å². The van der Waals surface area contributed by atoms with Gasteiger partial charge in [-0.1, -0.05) is 0 Å². The van der Waals surface area contributed by atoms with Gasteiger partial charge in [-0.2, -0.15) is 13.6 Å². The summed E-state index contributed by atoms with van der Waals surface area (Å²) in [5.74, 6) is -0.293. The second-order valence-electron chi connectivity index (χ2n) is 7.27. The van der Waals surface area contributed by atoms with Gasteiger partial charge >= 0.3 is 23.5 Å². The van der Waals surface area contributed by atoms with Gasteiger partial charge in [0, 0.05) is 6.20 Å². The van der Waals surface area contributed by atoms with Crippen molar-refractivity contribution in [3.8, 4) is 0 Å².